The molecule has 0 aromatic heterocycles. The van der Waals surface area contributed by atoms with Gasteiger partial charge < -0.3 is 9.42 Å². The zero-order valence-electron chi connectivity index (χ0n) is 5.83. The first-order chi connectivity index (χ1) is 4.12. The van der Waals surface area contributed by atoms with E-state index in [4.69, 9.17) is 4.89 Å². The Kier molecular flexibility index (Phi) is 8.50. The Morgan fingerprint density at radius 2 is 2.00 bits per heavy atom. The van der Waals surface area contributed by atoms with Crippen LogP contribution in [-0.4, -0.2) is 35.0 Å². The molecule has 1 N–H and O–H groups in total. The molecule has 0 saturated heterocycles. The van der Waals surface area contributed by atoms with Crippen LogP contribution in [0.3, 0.4) is 0 Å². The molecule has 1 unspecified atom stereocenters. The summed E-state index contributed by atoms with van der Waals surface area (Å²) in [5.74, 6) is 0. The zero-order chi connectivity index (χ0) is 7.33. The summed E-state index contributed by atoms with van der Waals surface area (Å²) in [4.78, 5) is 8.79. The van der Waals surface area contributed by atoms with E-state index in [1.54, 1.807) is 6.92 Å². The third kappa shape index (κ3) is 6.80. The van der Waals surface area contributed by atoms with Gasteiger partial charge in [-0.1, -0.05) is 13.8 Å². The van der Waals surface area contributed by atoms with Gasteiger partial charge >= 0.3 is 7.60 Å². The molecule has 0 amide bonds. The molecule has 10 heavy (non-hydrogen) atoms. The second-order valence-corrected chi connectivity index (χ2v) is 3.95. The third-order valence-electron chi connectivity index (χ3n) is 0.897. The Balaban J connectivity index is 0. The molecule has 0 fully saturated rings. The van der Waals surface area contributed by atoms with Crippen molar-refractivity contribution in [1.82, 2.24) is 0 Å². The highest BCUT2D eigenvalue weighted by Crippen LogP contribution is 2.40. The fourth-order valence-corrected chi connectivity index (χ4v) is 0.976. The van der Waals surface area contributed by atoms with Crippen LogP contribution in [0, 0.1) is 0 Å². The van der Waals surface area contributed by atoms with E-state index in [0.717, 1.165) is 6.42 Å². The molecule has 0 bridgehead atoms. The number of hydrogen-bond acceptors (Lipinski definition) is 2. The van der Waals surface area contributed by atoms with Crippen molar-refractivity contribution in [1.29, 1.82) is 0 Å². The van der Waals surface area contributed by atoms with Crippen LogP contribution in [0.2, 0.25) is 0 Å². The summed E-state index contributed by atoms with van der Waals surface area (Å²) in [5.41, 5.74) is 0. The van der Waals surface area contributed by atoms with Gasteiger partial charge in [0.2, 0.25) is 0 Å². The minimum atomic E-state index is -3.19. The average molecular weight is 182 g/mol. The Morgan fingerprint density at radius 3 is 2.30 bits per heavy atom. The van der Waals surface area contributed by atoms with Gasteiger partial charge in [-0.05, 0) is 6.42 Å². The second kappa shape index (κ2) is 6.40. The lowest BCUT2D eigenvalue weighted by Gasteiger charge is -2.07. The fraction of sp³-hybridized carbons (Fsp3) is 1.00. The monoisotopic (exact) mass is 182 g/mol. The van der Waals surface area contributed by atoms with Gasteiger partial charge in [0.05, 0.1) is 6.61 Å². The van der Waals surface area contributed by atoms with Gasteiger partial charge in [0.15, 0.2) is 17.4 Å². The van der Waals surface area contributed by atoms with Gasteiger partial charge in [-0.3, -0.25) is 4.57 Å². The summed E-state index contributed by atoms with van der Waals surface area (Å²) >= 11 is 0. The van der Waals surface area contributed by atoms with E-state index in [0.29, 0.717) is 6.61 Å². The van der Waals surface area contributed by atoms with Crippen LogP contribution in [-0.2, 0) is 9.09 Å². The smallest absolute Gasteiger partial charge is 0.324 e. The van der Waals surface area contributed by atoms with Crippen LogP contribution in [0.1, 0.15) is 20.3 Å². The van der Waals surface area contributed by atoms with Crippen molar-refractivity contribution in [3.05, 3.63) is 0 Å². The highest BCUT2D eigenvalue weighted by Gasteiger charge is 2.13. The third-order valence-corrected chi connectivity index (χ3v) is 2.28. The van der Waals surface area contributed by atoms with E-state index in [-0.39, 0.29) is 23.5 Å². The van der Waals surface area contributed by atoms with Gasteiger partial charge in [-0.25, -0.2) is 0 Å². The maximum atomic E-state index is 10.7. The predicted molar refractivity (Wildman–Crippen MR) is 46.5 cm³/mol. The molecular formula is C5H16AlO3P. The normalized spacial score (nSPS) is 15.5. The fourth-order valence-electron chi connectivity index (χ4n) is 0.325. The van der Waals surface area contributed by atoms with Gasteiger partial charge in [-0.2, -0.15) is 0 Å². The van der Waals surface area contributed by atoms with Crippen molar-refractivity contribution < 1.29 is 14.0 Å². The van der Waals surface area contributed by atoms with Crippen LogP contribution >= 0.6 is 7.60 Å². The Bertz CT molecular complexity index is 117. The molecule has 0 aliphatic rings. The van der Waals surface area contributed by atoms with Crippen LogP contribution in [0.25, 0.3) is 0 Å². The number of hydrogen-bond donors (Lipinski definition) is 1. The quantitative estimate of drug-likeness (QED) is 0.506. The molecule has 0 aliphatic heterocycles. The maximum Gasteiger partial charge on any atom is 0.327 e. The van der Waals surface area contributed by atoms with Crippen LogP contribution in [0.15, 0.2) is 0 Å². The summed E-state index contributed by atoms with van der Waals surface area (Å²) in [6.45, 7) is 3.91. The highest BCUT2D eigenvalue weighted by molar-refractivity contribution is 7.52. The molecule has 0 radical (unpaired) electrons. The second-order valence-electron chi connectivity index (χ2n) is 1.79. The molecule has 0 aromatic rings. The van der Waals surface area contributed by atoms with E-state index in [1.807, 2.05) is 6.92 Å². The molecule has 1 atom stereocenters. The van der Waals surface area contributed by atoms with Gasteiger partial charge in [0.1, 0.15) is 0 Å². The molecule has 3 nitrogen and oxygen atoms in total. The Labute approximate surface area is 72.4 Å². The lowest BCUT2D eigenvalue weighted by molar-refractivity contribution is 0.261. The predicted octanol–water partition coefficient (Wildman–Crippen LogP) is 0.434. The SMILES string of the molecule is CCCOP(=O)(O)CC.[AlH3]. The minimum Gasteiger partial charge on any atom is -0.324 e. The first kappa shape index (κ1) is 13.3. The molecule has 0 rings (SSSR count). The summed E-state index contributed by atoms with van der Waals surface area (Å²) in [6, 6.07) is 0. The summed E-state index contributed by atoms with van der Waals surface area (Å²) in [5, 5.41) is 0. The standard InChI is InChI=1S/C5H13O3P.Al.3H/c1-3-5-8-9(6,7)4-2;;;;/h3-5H2,1-2H3,(H,6,7);;;;. The van der Waals surface area contributed by atoms with E-state index >= 15 is 0 Å². The molecule has 0 saturated carbocycles. The first-order valence-electron chi connectivity index (χ1n) is 3.08. The van der Waals surface area contributed by atoms with Gasteiger partial charge in [0, 0.05) is 6.16 Å². The topological polar surface area (TPSA) is 46.5 Å². The zero-order valence-corrected chi connectivity index (χ0v) is 6.73. The molecule has 0 spiro atoms. The van der Waals surface area contributed by atoms with Crippen LogP contribution in [0.4, 0.5) is 0 Å². The molecule has 0 heterocycles. The van der Waals surface area contributed by atoms with Crippen molar-refractivity contribution in [2.24, 2.45) is 0 Å². The van der Waals surface area contributed by atoms with E-state index in [1.165, 1.54) is 0 Å². The van der Waals surface area contributed by atoms with Crippen molar-refractivity contribution >= 4 is 25.0 Å². The Morgan fingerprint density at radius 1 is 1.50 bits per heavy atom. The molecule has 0 aliphatic carbocycles. The molecule has 5 heteroatoms. The van der Waals surface area contributed by atoms with Crippen molar-refractivity contribution in [2.75, 3.05) is 12.8 Å². The maximum absolute atomic E-state index is 10.7. The largest absolute Gasteiger partial charge is 0.327 e. The van der Waals surface area contributed by atoms with Crippen molar-refractivity contribution in [3.8, 4) is 0 Å². The van der Waals surface area contributed by atoms with Gasteiger partial charge in [-0.15, -0.1) is 0 Å². The lowest BCUT2D eigenvalue weighted by Crippen LogP contribution is -1.92. The summed E-state index contributed by atoms with van der Waals surface area (Å²) in [6.07, 6.45) is 0.984. The van der Waals surface area contributed by atoms with Crippen molar-refractivity contribution in [3.63, 3.8) is 0 Å². The average Bonchev–Trinajstić information content (AvgIpc) is 1.84. The molecular weight excluding hydrogens is 166 g/mol. The van der Waals surface area contributed by atoms with Gasteiger partial charge in [0.25, 0.3) is 0 Å². The van der Waals surface area contributed by atoms with Crippen molar-refractivity contribution in [2.45, 2.75) is 20.3 Å². The molecule has 62 valence electrons. The van der Waals surface area contributed by atoms with E-state index in [9.17, 15) is 4.57 Å². The number of rotatable bonds is 4. The lowest BCUT2D eigenvalue weighted by atomic mass is 10.5. The van der Waals surface area contributed by atoms with Crippen LogP contribution in [0.5, 0.6) is 0 Å². The van der Waals surface area contributed by atoms with E-state index < -0.39 is 7.60 Å². The summed E-state index contributed by atoms with van der Waals surface area (Å²) < 4.78 is 15.3. The summed E-state index contributed by atoms with van der Waals surface area (Å²) in [7, 11) is -3.19. The molecule has 0 aromatic carbocycles. The first-order valence-corrected chi connectivity index (χ1v) is 4.85. The highest BCUT2D eigenvalue weighted by atomic mass is 31.2. The minimum absolute atomic E-state index is 0. The van der Waals surface area contributed by atoms with E-state index in [2.05, 4.69) is 4.52 Å². The Hall–Kier alpha value is 0.682. The van der Waals surface area contributed by atoms with Crippen LogP contribution < -0.4 is 0 Å².